The monoisotopic (exact) mass is 423 g/mol. The number of rotatable bonds is 9. The first-order chi connectivity index (χ1) is 14.3. The minimum Gasteiger partial charge on any atom is -0.479 e. The third-order valence-corrected chi connectivity index (χ3v) is 5.76. The van der Waals surface area contributed by atoms with Crippen molar-refractivity contribution in [2.45, 2.75) is 39.5 Å². The Labute approximate surface area is 180 Å². The molecule has 0 aliphatic carbocycles. The lowest BCUT2D eigenvalue weighted by Gasteiger charge is -2.19. The van der Waals surface area contributed by atoms with Crippen LogP contribution in [0.3, 0.4) is 0 Å². The lowest BCUT2D eigenvalue weighted by Crippen LogP contribution is -2.34. The molecule has 6 heteroatoms. The number of carboxylic acid groups (broad SMARTS) is 1. The Hall–Kier alpha value is -2.96. The van der Waals surface area contributed by atoms with Gasteiger partial charge >= 0.3 is 5.97 Å². The maximum absolute atomic E-state index is 12.8. The number of ether oxygens (including phenoxy) is 1. The van der Waals surface area contributed by atoms with Gasteiger partial charge in [0.1, 0.15) is 0 Å². The maximum atomic E-state index is 12.8. The van der Waals surface area contributed by atoms with Crippen molar-refractivity contribution in [1.82, 2.24) is 4.57 Å². The molecular formula is C24H25NO4S. The van der Waals surface area contributed by atoms with E-state index in [2.05, 4.69) is 0 Å². The van der Waals surface area contributed by atoms with Crippen LogP contribution in [0.15, 0.2) is 60.8 Å². The number of carbonyl (C=O) groups is 2. The minimum absolute atomic E-state index is 0.00463. The van der Waals surface area contributed by atoms with Crippen LogP contribution in [0.25, 0.3) is 6.08 Å². The summed E-state index contributed by atoms with van der Waals surface area (Å²) >= 11 is 1.55. The van der Waals surface area contributed by atoms with Gasteiger partial charge in [-0.2, -0.15) is 0 Å². The van der Waals surface area contributed by atoms with E-state index in [1.807, 2.05) is 78.4 Å². The van der Waals surface area contributed by atoms with Crippen molar-refractivity contribution in [2.75, 3.05) is 0 Å². The second-order valence-corrected chi connectivity index (χ2v) is 8.75. The van der Waals surface area contributed by atoms with Crippen molar-refractivity contribution < 1.29 is 19.4 Å². The molecule has 0 radical (unpaired) electrons. The van der Waals surface area contributed by atoms with Gasteiger partial charge in [-0.3, -0.25) is 4.79 Å². The molecule has 0 amide bonds. The van der Waals surface area contributed by atoms with E-state index in [4.69, 9.17) is 9.84 Å². The van der Waals surface area contributed by atoms with Crippen LogP contribution in [0.5, 0.6) is 0 Å². The van der Waals surface area contributed by atoms with Crippen molar-refractivity contribution in [1.29, 1.82) is 0 Å². The summed E-state index contributed by atoms with van der Waals surface area (Å²) in [7, 11) is 0. The number of ketones is 1. The van der Waals surface area contributed by atoms with Crippen molar-refractivity contribution in [3.05, 3.63) is 87.4 Å². The molecule has 5 nitrogen and oxygen atoms in total. The number of nitrogens with zero attached hydrogens (tertiary/aromatic N) is 1. The minimum atomic E-state index is -1.21. The first kappa shape index (κ1) is 21.7. The van der Waals surface area contributed by atoms with Crippen LogP contribution in [0.1, 0.15) is 45.2 Å². The highest BCUT2D eigenvalue weighted by Gasteiger charge is 2.27. The van der Waals surface area contributed by atoms with Crippen molar-refractivity contribution in [3.8, 4) is 0 Å². The van der Waals surface area contributed by atoms with Crippen LogP contribution >= 0.6 is 11.3 Å². The fourth-order valence-electron chi connectivity index (χ4n) is 2.79. The average molecular weight is 424 g/mol. The van der Waals surface area contributed by atoms with E-state index in [9.17, 15) is 9.59 Å². The predicted molar refractivity (Wildman–Crippen MR) is 119 cm³/mol. The summed E-state index contributed by atoms with van der Waals surface area (Å²) in [5.74, 6) is -0.980. The quantitative estimate of drug-likeness (QED) is 0.481. The van der Waals surface area contributed by atoms with E-state index in [0.717, 1.165) is 15.3 Å². The summed E-state index contributed by atoms with van der Waals surface area (Å²) in [4.78, 5) is 25.9. The van der Waals surface area contributed by atoms with Gasteiger partial charge in [0.2, 0.25) is 5.78 Å². The molecule has 2 heterocycles. The number of thiophene rings is 1. The molecule has 3 aromatic rings. The fourth-order valence-corrected chi connectivity index (χ4v) is 3.65. The third kappa shape index (κ3) is 5.34. The van der Waals surface area contributed by atoms with Crippen LogP contribution in [0.2, 0.25) is 0 Å². The van der Waals surface area contributed by atoms with Gasteiger partial charge in [0, 0.05) is 28.1 Å². The Morgan fingerprint density at radius 3 is 2.57 bits per heavy atom. The molecule has 0 spiro atoms. The maximum Gasteiger partial charge on any atom is 0.335 e. The topological polar surface area (TPSA) is 68.5 Å². The largest absolute Gasteiger partial charge is 0.479 e. The van der Waals surface area contributed by atoms with Gasteiger partial charge < -0.3 is 14.4 Å². The molecule has 0 atom stereocenters. The Kier molecular flexibility index (Phi) is 6.70. The summed E-state index contributed by atoms with van der Waals surface area (Å²) < 4.78 is 7.41. The van der Waals surface area contributed by atoms with Gasteiger partial charge in [0.15, 0.2) is 5.60 Å². The highest BCUT2D eigenvalue weighted by atomic mass is 32.1. The Balaban J connectivity index is 1.61. The number of hydrogen-bond acceptors (Lipinski definition) is 4. The van der Waals surface area contributed by atoms with Crippen molar-refractivity contribution in [3.63, 3.8) is 0 Å². The van der Waals surface area contributed by atoms with E-state index in [0.29, 0.717) is 17.8 Å². The molecule has 3 rings (SSSR count). The van der Waals surface area contributed by atoms with Gasteiger partial charge in [0.05, 0.1) is 12.3 Å². The van der Waals surface area contributed by atoms with Gasteiger partial charge in [-0.05, 0) is 51.1 Å². The van der Waals surface area contributed by atoms with Crippen LogP contribution in [0, 0.1) is 6.92 Å². The number of allylic oxidation sites excluding steroid dienone is 1. The molecular weight excluding hydrogens is 398 g/mol. The standard InChI is InChI=1S/C24H25NO4S/c1-17-8-10-18(11-9-17)22(26)21-7-5-15-25(21)14-4-6-19-12-13-20(30-19)16-29-24(2,3)23(27)28/h4-13,15H,14,16H2,1-3H3,(H,27,28)/b6-4+. The van der Waals surface area contributed by atoms with E-state index in [1.54, 1.807) is 11.3 Å². The molecule has 1 aromatic carbocycles. The van der Waals surface area contributed by atoms with Crippen LogP contribution in [0.4, 0.5) is 0 Å². The van der Waals surface area contributed by atoms with E-state index in [1.165, 1.54) is 13.8 Å². The number of aromatic nitrogens is 1. The molecule has 0 bridgehead atoms. The lowest BCUT2D eigenvalue weighted by molar-refractivity contribution is -0.162. The highest BCUT2D eigenvalue weighted by molar-refractivity contribution is 7.12. The van der Waals surface area contributed by atoms with Gasteiger partial charge in [0.25, 0.3) is 0 Å². The molecule has 0 saturated carbocycles. The zero-order valence-corrected chi connectivity index (χ0v) is 18.1. The predicted octanol–water partition coefficient (Wildman–Crippen LogP) is 5.18. The molecule has 30 heavy (non-hydrogen) atoms. The number of carboxylic acids is 1. The first-order valence-corrected chi connectivity index (χ1v) is 10.5. The molecule has 0 saturated heterocycles. The summed E-state index contributed by atoms with van der Waals surface area (Å²) in [5.41, 5.74) is 1.24. The average Bonchev–Trinajstić information content (AvgIpc) is 3.36. The van der Waals surface area contributed by atoms with Gasteiger partial charge in [-0.25, -0.2) is 4.79 Å². The van der Waals surface area contributed by atoms with E-state index in [-0.39, 0.29) is 12.4 Å². The van der Waals surface area contributed by atoms with Crippen molar-refractivity contribution >= 4 is 29.2 Å². The van der Waals surface area contributed by atoms with Gasteiger partial charge in [-0.15, -0.1) is 11.3 Å². The number of aliphatic carboxylic acids is 1. The molecule has 2 aromatic heterocycles. The Morgan fingerprint density at radius 1 is 1.13 bits per heavy atom. The molecule has 156 valence electrons. The lowest BCUT2D eigenvalue weighted by atomic mass is 10.1. The first-order valence-electron chi connectivity index (χ1n) is 9.65. The molecule has 0 fully saturated rings. The number of carbonyl (C=O) groups excluding carboxylic acids is 1. The zero-order chi connectivity index (χ0) is 21.7. The summed E-state index contributed by atoms with van der Waals surface area (Å²) in [6.45, 7) is 5.91. The van der Waals surface area contributed by atoms with Gasteiger partial charge in [-0.1, -0.05) is 35.9 Å². The summed E-state index contributed by atoms with van der Waals surface area (Å²) in [5, 5.41) is 9.12. The van der Waals surface area contributed by atoms with Crippen LogP contribution in [-0.2, 0) is 22.7 Å². The van der Waals surface area contributed by atoms with Crippen molar-refractivity contribution in [2.24, 2.45) is 0 Å². The third-order valence-electron chi connectivity index (χ3n) is 4.73. The number of benzene rings is 1. The summed E-state index contributed by atoms with van der Waals surface area (Å²) in [6.07, 6.45) is 5.90. The summed E-state index contributed by atoms with van der Waals surface area (Å²) in [6, 6.07) is 15.2. The number of aryl methyl sites for hydroxylation is 1. The highest BCUT2D eigenvalue weighted by Crippen LogP contribution is 2.22. The second kappa shape index (κ2) is 9.24. The van der Waals surface area contributed by atoms with Crippen LogP contribution < -0.4 is 0 Å². The second-order valence-electron chi connectivity index (χ2n) is 7.55. The Morgan fingerprint density at radius 2 is 1.87 bits per heavy atom. The normalized spacial score (nSPS) is 11.8. The SMILES string of the molecule is Cc1ccc(C(=O)c2cccn2C/C=C/c2ccc(COC(C)(C)C(=O)O)s2)cc1. The molecule has 0 aliphatic rings. The molecule has 0 aliphatic heterocycles. The fraction of sp³-hybridized carbons (Fsp3) is 0.250. The smallest absolute Gasteiger partial charge is 0.335 e. The number of hydrogen-bond donors (Lipinski definition) is 1. The van der Waals surface area contributed by atoms with E-state index >= 15 is 0 Å². The van der Waals surface area contributed by atoms with E-state index < -0.39 is 11.6 Å². The zero-order valence-electron chi connectivity index (χ0n) is 17.3. The molecule has 1 N–H and O–H groups in total. The molecule has 0 unspecified atom stereocenters. The Bertz CT molecular complexity index is 1060. The van der Waals surface area contributed by atoms with Crippen LogP contribution in [-0.4, -0.2) is 27.0 Å².